The molecule has 114 valence electrons. The van der Waals surface area contributed by atoms with Crippen molar-refractivity contribution >= 4 is 11.6 Å². The molecule has 1 aliphatic rings. The van der Waals surface area contributed by atoms with Crippen molar-refractivity contribution in [1.82, 2.24) is 0 Å². The molecule has 0 radical (unpaired) electrons. The Labute approximate surface area is 130 Å². The van der Waals surface area contributed by atoms with Gasteiger partial charge in [0.05, 0.1) is 19.9 Å². The van der Waals surface area contributed by atoms with Gasteiger partial charge in [0.25, 0.3) is 0 Å². The van der Waals surface area contributed by atoms with Crippen LogP contribution in [-0.2, 0) is 4.79 Å². The largest absolute Gasteiger partial charge is 0.497 e. The number of methoxy groups -OCH3 is 2. The Morgan fingerprint density at radius 3 is 2.55 bits per heavy atom. The predicted molar refractivity (Wildman–Crippen MR) is 85.5 cm³/mol. The standard InChI is InChI=1S/C18H19NO3/c1-21-13-8-9-17(22-2)16(10-13)19-18(20)15-11-14(15)12-6-4-3-5-7-12/h3-10,14-15H,11H2,1-2H3,(H,19,20)/t14-,15-/m0/s1. The van der Waals surface area contributed by atoms with Gasteiger partial charge in [0, 0.05) is 12.0 Å². The van der Waals surface area contributed by atoms with Crippen LogP contribution in [0.3, 0.4) is 0 Å². The Hall–Kier alpha value is -2.49. The van der Waals surface area contributed by atoms with Crippen molar-refractivity contribution in [2.24, 2.45) is 5.92 Å². The number of ether oxygens (including phenoxy) is 2. The summed E-state index contributed by atoms with van der Waals surface area (Å²) in [6.45, 7) is 0. The zero-order valence-electron chi connectivity index (χ0n) is 12.7. The monoisotopic (exact) mass is 297 g/mol. The summed E-state index contributed by atoms with van der Waals surface area (Å²) in [6, 6.07) is 15.5. The first kappa shape index (κ1) is 14.4. The lowest BCUT2D eigenvalue weighted by molar-refractivity contribution is -0.117. The molecule has 1 N–H and O–H groups in total. The van der Waals surface area contributed by atoms with Crippen LogP contribution in [0.4, 0.5) is 5.69 Å². The molecule has 2 aromatic carbocycles. The molecule has 1 amide bonds. The Morgan fingerprint density at radius 2 is 1.86 bits per heavy atom. The van der Waals surface area contributed by atoms with Gasteiger partial charge in [-0.05, 0) is 30.0 Å². The van der Waals surface area contributed by atoms with Crippen molar-refractivity contribution in [3.05, 3.63) is 54.1 Å². The fourth-order valence-corrected chi connectivity index (χ4v) is 2.69. The highest BCUT2D eigenvalue weighted by Gasteiger charge is 2.43. The lowest BCUT2D eigenvalue weighted by Crippen LogP contribution is -2.15. The van der Waals surface area contributed by atoms with Crippen LogP contribution in [-0.4, -0.2) is 20.1 Å². The summed E-state index contributed by atoms with van der Waals surface area (Å²) < 4.78 is 10.5. The molecular weight excluding hydrogens is 278 g/mol. The summed E-state index contributed by atoms with van der Waals surface area (Å²) >= 11 is 0. The third kappa shape index (κ3) is 2.91. The molecule has 0 aliphatic heterocycles. The van der Waals surface area contributed by atoms with Gasteiger partial charge < -0.3 is 14.8 Å². The highest BCUT2D eigenvalue weighted by Crippen LogP contribution is 2.48. The van der Waals surface area contributed by atoms with Crippen LogP contribution in [0.25, 0.3) is 0 Å². The Morgan fingerprint density at radius 1 is 1.09 bits per heavy atom. The van der Waals surface area contributed by atoms with E-state index in [-0.39, 0.29) is 11.8 Å². The van der Waals surface area contributed by atoms with Gasteiger partial charge in [-0.2, -0.15) is 0 Å². The Kier molecular flexibility index (Phi) is 4.00. The molecule has 4 nitrogen and oxygen atoms in total. The highest BCUT2D eigenvalue weighted by molar-refractivity contribution is 5.96. The van der Waals surface area contributed by atoms with Crippen LogP contribution in [0, 0.1) is 5.92 Å². The van der Waals surface area contributed by atoms with E-state index in [1.807, 2.05) is 18.2 Å². The van der Waals surface area contributed by atoms with E-state index in [2.05, 4.69) is 17.4 Å². The number of hydrogen-bond donors (Lipinski definition) is 1. The molecule has 0 aromatic heterocycles. The normalized spacial score (nSPS) is 19.4. The van der Waals surface area contributed by atoms with Gasteiger partial charge in [-0.15, -0.1) is 0 Å². The second-order valence-electron chi connectivity index (χ2n) is 5.41. The van der Waals surface area contributed by atoms with E-state index >= 15 is 0 Å². The molecule has 1 fully saturated rings. The molecule has 1 saturated carbocycles. The minimum Gasteiger partial charge on any atom is -0.497 e. The highest BCUT2D eigenvalue weighted by atomic mass is 16.5. The summed E-state index contributed by atoms with van der Waals surface area (Å²) in [7, 11) is 3.18. The van der Waals surface area contributed by atoms with E-state index in [0.29, 0.717) is 23.1 Å². The van der Waals surface area contributed by atoms with Gasteiger partial charge >= 0.3 is 0 Å². The second-order valence-corrected chi connectivity index (χ2v) is 5.41. The molecule has 0 heterocycles. The summed E-state index contributed by atoms with van der Waals surface area (Å²) in [6.07, 6.45) is 0.891. The van der Waals surface area contributed by atoms with Crippen LogP contribution in [0.2, 0.25) is 0 Å². The smallest absolute Gasteiger partial charge is 0.228 e. The van der Waals surface area contributed by atoms with Crippen LogP contribution >= 0.6 is 0 Å². The lowest BCUT2D eigenvalue weighted by atomic mass is 10.1. The summed E-state index contributed by atoms with van der Waals surface area (Å²) in [5.41, 5.74) is 1.87. The van der Waals surface area contributed by atoms with Gasteiger partial charge in [0.15, 0.2) is 0 Å². The van der Waals surface area contributed by atoms with E-state index < -0.39 is 0 Å². The Bertz CT molecular complexity index is 669. The van der Waals surface area contributed by atoms with Crippen LogP contribution in [0.1, 0.15) is 17.9 Å². The molecule has 22 heavy (non-hydrogen) atoms. The average molecular weight is 297 g/mol. The first-order chi connectivity index (χ1) is 10.7. The number of benzene rings is 2. The summed E-state index contributed by atoms with van der Waals surface area (Å²) in [5.74, 6) is 1.69. The third-order valence-corrected chi connectivity index (χ3v) is 4.02. The average Bonchev–Trinajstić information content (AvgIpc) is 3.36. The summed E-state index contributed by atoms with van der Waals surface area (Å²) in [4.78, 5) is 12.4. The van der Waals surface area contributed by atoms with E-state index in [0.717, 1.165) is 6.42 Å². The molecule has 3 rings (SSSR count). The lowest BCUT2D eigenvalue weighted by Gasteiger charge is -2.11. The van der Waals surface area contributed by atoms with Gasteiger partial charge in [-0.25, -0.2) is 0 Å². The van der Waals surface area contributed by atoms with Gasteiger partial charge in [-0.1, -0.05) is 30.3 Å². The van der Waals surface area contributed by atoms with E-state index in [4.69, 9.17) is 9.47 Å². The first-order valence-corrected chi connectivity index (χ1v) is 7.30. The van der Waals surface area contributed by atoms with E-state index in [1.54, 1.807) is 32.4 Å². The number of amides is 1. The van der Waals surface area contributed by atoms with E-state index in [1.165, 1.54) is 5.56 Å². The number of hydrogen-bond acceptors (Lipinski definition) is 3. The maximum Gasteiger partial charge on any atom is 0.228 e. The van der Waals surface area contributed by atoms with Crippen molar-refractivity contribution in [2.75, 3.05) is 19.5 Å². The quantitative estimate of drug-likeness (QED) is 0.919. The molecular formula is C18H19NO3. The predicted octanol–water partition coefficient (Wildman–Crippen LogP) is 3.45. The van der Waals surface area contributed by atoms with Gasteiger partial charge in [-0.3, -0.25) is 4.79 Å². The number of nitrogens with one attached hydrogen (secondary N) is 1. The maximum atomic E-state index is 12.4. The molecule has 1 aliphatic carbocycles. The van der Waals surface area contributed by atoms with Crippen molar-refractivity contribution < 1.29 is 14.3 Å². The van der Waals surface area contributed by atoms with Crippen LogP contribution in [0.5, 0.6) is 11.5 Å². The first-order valence-electron chi connectivity index (χ1n) is 7.30. The number of rotatable bonds is 5. The van der Waals surface area contributed by atoms with Crippen molar-refractivity contribution in [3.63, 3.8) is 0 Å². The number of anilines is 1. The SMILES string of the molecule is COc1ccc(OC)c(NC(=O)[C@H]2C[C@H]2c2ccccc2)c1. The van der Waals surface area contributed by atoms with Gasteiger partial charge in [0.2, 0.25) is 5.91 Å². The summed E-state index contributed by atoms with van der Waals surface area (Å²) in [5, 5.41) is 2.95. The number of carbonyl (C=O) groups is 1. The zero-order chi connectivity index (χ0) is 15.5. The third-order valence-electron chi connectivity index (χ3n) is 4.02. The minimum atomic E-state index is 0.0262. The van der Waals surface area contributed by atoms with Crippen molar-refractivity contribution in [2.45, 2.75) is 12.3 Å². The van der Waals surface area contributed by atoms with Crippen LogP contribution < -0.4 is 14.8 Å². The minimum absolute atomic E-state index is 0.0262. The van der Waals surface area contributed by atoms with Gasteiger partial charge in [0.1, 0.15) is 11.5 Å². The maximum absolute atomic E-state index is 12.4. The molecule has 0 unspecified atom stereocenters. The molecule has 0 spiro atoms. The second kappa shape index (κ2) is 6.10. The molecule has 2 aromatic rings. The van der Waals surface area contributed by atoms with Crippen molar-refractivity contribution in [1.29, 1.82) is 0 Å². The fraction of sp³-hybridized carbons (Fsp3) is 0.278. The zero-order valence-corrected chi connectivity index (χ0v) is 12.7. The van der Waals surface area contributed by atoms with Crippen LogP contribution in [0.15, 0.2) is 48.5 Å². The molecule has 0 bridgehead atoms. The Balaban J connectivity index is 1.71. The van der Waals surface area contributed by atoms with Crippen molar-refractivity contribution in [3.8, 4) is 11.5 Å². The molecule has 4 heteroatoms. The number of carbonyl (C=O) groups excluding carboxylic acids is 1. The molecule has 2 atom stereocenters. The fourth-order valence-electron chi connectivity index (χ4n) is 2.69. The van der Waals surface area contributed by atoms with E-state index in [9.17, 15) is 4.79 Å². The molecule has 0 saturated heterocycles. The topological polar surface area (TPSA) is 47.6 Å².